The van der Waals surface area contributed by atoms with Crippen molar-refractivity contribution in [2.24, 2.45) is 4.99 Å². The number of aliphatic imine (C=N–C) groups is 1. The molecule has 454 valence electrons. The topological polar surface area (TPSA) is 49.0 Å². The van der Waals surface area contributed by atoms with Crippen LogP contribution in [0.1, 0.15) is 115 Å². The van der Waals surface area contributed by atoms with Crippen LogP contribution < -0.4 is 21.9 Å². The van der Waals surface area contributed by atoms with Gasteiger partial charge in [-0.25, -0.2) is 0 Å². The molecule has 5 aromatic carbocycles. The van der Waals surface area contributed by atoms with Crippen LogP contribution in [0.15, 0.2) is 120 Å². The normalized spacial score (nSPS) is 13.0. The molecular weight excluding hydrogens is 1260 g/mol. The zero-order valence-corrected chi connectivity index (χ0v) is 45.0. The largest absolute Gasteiger partial charge is 2.00 e. The van der Waals surface area contributed by atoms with Gasteiger partial charge in [0.15, 0.2) is 0 Å². The fourth-order valence-corrected chi connectivity index (χ4v) is 8.51. The van der Waals surface area contributed by atoms with E-state index >= 15 is 0 Å². The third-order valence-electron chi connectivity index (χ3n) is 12.1. The first kappa shape index (κ1) is 72.6. The van der Waals surface area contributed by atoms with Gasteiger partial charge in [-0.3, -0.25) is 9.98 Å². The maximum absolute atomic E-state index is 14.2. The summed E-state index contributed by atoms with van der Waals surface area (Å²) in [7, 11) is 0. The molecule has 0 fully saturated rings. The monoisotopic (exact) mass is 1310 g/mol. The van der Waals surface area contributed by atoms with Gasteiger partial charge in [0, 0.05) is 13.1 Å². The van der Waals surface area contributed by atoms with Crippen LogP contribution in [0.2, 0.25) is 0 Å². The number of alkyl halides is 24. The summed E-state index contributed by atoms with van der Waals surface area (Å²) in [6, 6.07) is 5.38. The van der Waals surface area contributed by atoms with Crippen molar-refractivity contribution in [3.05, 3.63) is 184 Å². The van der Waals surface area contributed by atoms with Crippen LogP contribution in [0.3, 0.4) is 0 Å². The zero-order chi connectivity index (χ0) is 62.0. The summed E-state index contributed by atoms with van der Waals surface area (Å²) in [6.07, 6.45) is -53.0. The van der Waals surface area contributed by atoms with E-state index in [1.54, 1.807) is 6.07 Å². The van der Waals surface area contributed by atoms with E-state index in [9.17, 15) is 105 Å². The van der Waals surface area contributed by atoms with E-state index in [2.05, 4.69) is 50.9 Å². The molecule has 0 unspecified atom stereocenters. The molecule has 1 aromatic heterocycles. The number of nitrogens with zero attached hydrogens (tertiary/aromatic N) is 3. The molecule has 0 radical (unpaired) electrons. The second-order valence-corrected chi connectivity index (χ2v) is 18.5. The summed E-state index contributed by atoms with van der Waals surface area (Å²) in [5.74, 6) is 0.915. The Morgan fingerprint density at radius 3 is 0.831 bits per heavy atom. The molecule has 0 aliphatic rings. The van der Waals surface area contributed by atoms with E-state index < -0.39 is 195 Å². The van der Waals surface area contributed by atoms with E-state index in [1.807, 2.05) is 31.3 Å². The molecule has 3 nitrogen and oxygen atoms in total. The summed E-state index contributed by atoms with van der Waals surface area (Å²) >= 11 is 0. The van der Waals surface area contributed by atoms with Gasteiger partial charge in [-0.05, 0) is 66.3 Å². The molecule has 0 bridgehead atoms. The average Bonchev–Trinajstić information content (AvgIpc) is 2.58. The van der Waals surface area contributed by atoms with Crippen molar-refractivity contribution < 1.29 is 126 Å². The van der Waals surface area contributed by atoms with Crippen LogP contribution in [0.4, 0.5) is 111 Å². The van der Waals surface area contributed by atoms with E-state index in [-0.39, 0.29) is 27.8 Å². The number of hydrogen-bond acceptors (Lipinski definition) is 3. The molecule has 0 atom stereocenters. The number of aromatic nitrogens is 1. The summed E-state index contributed by atoms with van der Waals surface area (Å²) < 4.78 is 341. The van der Waals surface area contributed by atoms with E-state index in [1.165, 1.54) is 18.1 Å². The molecule has 0 saturated heterocycles. The van der Waals surface area contributed by atoms with Gasteiger partial charge in [0.25, 0.3) is 0 Å². The average molecular weight is 1310 g/mol. The number of hydrogen-bond donors (Lipinski definition) is 0. The maximum atomic E-state index is 14.2. The van der Waals surface area contributed by atoms with Gasteiger partial charge in [-0.2, -0.15) is 132 Å². The molecule has 6 rings (SSSR count). The molecule has 6 aromatic rings. The van der Waals surface area contributed by atoms with E-state index in [0.717, 1.165) is 17.1 Å². The van der Waals surface area contributed by atoms with Gasteiger partial charge in [-0.1, -0.05) is 100 Å². The van der Waals surface area contributed by atoms with Gasteiger partial charge < -0.3 is 7.43 Å². The third kappa shape index (κ3) is 17.7. The van der Waals surface area contributed by atoms with Crippen molar-refractivity contribution in [2.45, 2.75) is 103 Å². The quantitative estimate of drug-likeness (QED) is 0.0660. The Bertz CT molecular complexity index is 2780. The smallest absolute Gasteiger partial charge is 0.358 e. The first-order valence-corrected chi connectivity index (χ1v) is 22.9. The van der Waals surface area contributed by atoms with E-state index in [4.69, 9.17) is 10.3 Å². The molecule has 0 spiro atoms. The van der Waals surface area contributed by atoms with Crippen LogP contribution in [0, 0.1) is 18.8 Å². The molecule has 0 N–H and O–H groups in total. The van der Waals surface area contributed by atoms with Crippen LogP contribution in [-0.2, 0) is 69.8 Å². The van der Waals surface area contributed by atoms with Crippen LogP contribution in [0.5, 0.6) is 0 Å². The number of benzene rings is 5. The van der Waals surface area contributed by atoms with Crippen molar-refractivity contribution in [2.75, 3.05) is 0 Å². The van der Waals surface area contributed by atoms with Gasteiger partial charge >= 0.3 is 69.8 Å². The first-order valence-electron chi connectivity index (χ1n) is 22.9. The summed E-state index contributed by atoms with van der Waals surface area (Å²) in [5, 5.41) is 7.32. The molecule has 0 aliphatic carbocycles. The number of rotatable bonds is 8. The number of para-hydroxylation sites is 1. The molecule has 0 aliphatic heterocycles. The van der Waals surface area contributed by atoms with Crippen molar-refractivity contribution >= 4 is 39.4 Å². The fraction of sp³-hybridized carbons (Fsp3) is 0.296. The second kappa shape index (κ2) is 26.2. The standard InChI is InChI=1S/C32H12BF24.C19H24N2.C2H3N.CH3.Pd/c34-25(35,36)13-1-14(26(37,38)39)6-21(5-13)33(22-7-15(27(40,41)42)2-16(8-22)28(43,44)45,23-9-17(29(46,47)48)3-18(10-23)30(49,50)51)24-11-19(31(52,53)54)4-20(12-24)32(55,56)57;1-13(2)16-9-8-10-17(14(3)4)19(16)21-15(5)18-11-6-7-12-20-18;1-2-3;;/h1-12H;6-14H,1-5H3;1H3;1H3;/q-1;;;-1;+2. The van der Waals surface area contributed by atoms with Gasteiger partial charge in [-0.15, -0.1) is 0 Å². The Hall–Kier alpha value is -6.54. The molecule has 0 amide bonds. The van der Waals surface area contributed by atoms with Crippen molar-refractivity contribution in [1.82, 2.24) is 4.98 Å². The van der Waals surface area contributed by atoms with Crippen LogP contribution >= 0.6 is 0 Å². The number of pyridine rings is 1. The van der Waals surface area contributed by atoms with Crippen molar-refractivity contribution in [1.29, 1.82) is 5.26 Å². The summed E-state index contributed by atoms with van der Waals surface area (Å²) in [4.78, 5) is 9.32. The third-order valence-corrected chi connectivity index (χ3v) is 12.1. The molecule has 1 heterocycles. The molecule has 0 saturated carbocycles. The molecule has 29 heteroatoms. The van der Waals surface area contributed by atoms with Crippen LogP contribution in [-0.4, -0.2) is 16.8 Å². The molecular formula is C54H42BF24N3Pd. The van der Waals surface area contributed by atoms with Gasteiger partial charge in [0.1, 0.15) is 6.15 Å². The first-order chi connectivity index (χ1) is 36.7. The minimum atomic E-state index is -6.13. The fourth-order valence-electron chi connectivity index (χ4n) is 8.51. The van der Waals surface area contributed by atoms with Crippen LogP contribution in [0.25, 0.3) is 0 Å². The number of nitriles is 1. The Morgan fingerprint density at radius 2 is 0.651 bits per heavy atom. The van der Waals surface area contributed by atoms with Gasteiger partial charge in [0.2, 0.25) is 0 Å². The minimum absolute atomic E-state index is 0. The Kier molecular flexibility index (Phi) is 22.9. The van der Waals surface area contributed by atoms with Crippen molar-refractivity contribution in [3.8, 4) is 6.07 Å². The van der Waals surface area contributed by atoms with Crippen molar-refractivity contribution in [3.63, 3.8) is 0 Å². The maximum Gasteiger partial charge on any atom is 2.00 e. The molecule has 83 heavy (non-hydrogen) atoms. The van der Waals surface area contributed by atoms with Gasteiger partial charge in [0.05, 0.1) is 67.7 Å². The Morgan fingerprint density at radius 1 is 0.422 bits per heavy atom. The summed E-state index contributed by atoms with van der Waals surface area (Å²) in [5.41, 5.74) is -24.6. The Labute approximate surface area is 472 Å². The predicted octanol–water partition coefficient (Wildman–Crippen LogP) is 17.7. The summed E-state index contributed by atoms with van der Waals surface area (Å²) in [6.45, 7) is 12.3. The predicted molar refractivity (Wildman–Crippen MR) is 259 cm³/mol. The Balaban J connectivity index is 0.000000753. The SMILES string of the molecule is CC#N.CC(=Nc1c(C(C)C)cccc1C(C)C)c1ccccn1.FC(F)(F)c1cc([B-](c2cc(C(F)(F)F)cc(C(F)(F)F)c2)(c2cc(C(F)(F)F)cc(C(F)(F)F)c2)c2cc(C(F)(F)F)cc(C(F)(F)F)c2)cc(C(F)(F)F)c1.[CH3-].[Pd+2]. The van der Waals surface area contributed by atoms with E-state index in [0.29, 0.717) is 11.8 Å². The second-order valence-electron chi connectivity index (χ2n) is 18.5. The minimum Gasteiger partial charge on any atom is -0.358 e. The zero-order valence-electron chi connectivity index (χ0n) is 43.4. The number of halogens is 24.